The molecule has 2 aromatic rings. The van der Waals surface area contributed by atoms with Gasteiger partial charge in [-0.25, -0.2) is 4.98 Å². The number of nitrogens with zero attached hydrogens (tertiary/aromatic N) is 1. The lowest BCUT2D eigenvalue weighted by Crippen LogP contribution is -2.27. The fraction of sp³-hybridized carbons (Fsp3) is 0.154. The molecule has 0 aromatic carbocycles. The number of halogens is 1. The van der Waals surface area contributed by atoms with Crippen LogP contribution in [-0.4, -0.2) is 23.3 Å². The highest BCUT2D eigenvalue weighted by Gasteiger charge is 2.07. The first-order valence-corrected chi connectivity index (χ1v) is 7.14. The van der Waals surface area contributed by atoms with Crippen LogP contribution >= 0.6 is 22.9 Å². The molecule has 2 heterocycles. The number of carbonyl (C=O) groups excluding carboxylic acids is 2. The number of pyridine rings is 1. The van der Waals surface area contributed by atoms with Crippen LogP contribution < -0.4 is 10.6 Å². The van der Waals surface area contributed by atoms with Crippen molar-refractivity contribution in [2.45, 2.75) is 6.42 Å². The number of amides is 2. The van der Waals surface area contributed by atoms with Crippen molar-refractivity contribution < 1.29 is 9.59 Å². The van der Waals surface area contributed by atoms with Gasteiger partial charge in [0.05, 0.1) is 9.90 Å². The monoisotopic (exact) mass is 309 g/mol. The second kappa shape index (κ2) is 7.02. The van der Waals surface area contributed by atoms with Gasteiger partial charge in [-0.05, 0) is 23.6 Å². The van der Waals surface area contributed by atoms with Gasteiger partial charge in [0, 0.05) is 19.2 Å². The predicted octanol–water partition coefficient (Wildman–Crippen LogP) is 2.56. The summed E-state index contributed by atoms with van der Waals surface area (Å²) < 4.78 is 0. The maximum absolute atomic E-state index is 11.6. The number of rotatable bonds is 5. The van der Waals surface area contributed by atoms with Gasteiger partial charge < -0.3 is 10.6 Å². The number of carbonyl (C=O) groups is 2. The van der Waals surface area contributed by atoms with Gasteiger partial charge in [0.15, 0.2) is 0 Å². The number of thiophene rings is 1. The maximum Gasteiger partial charge on any atom is 0.261 e. The number of aromatic nitrogens is 1. The Morgan fingerprint density at radius 3 is 2.80 bits per heavy atom. The van der Waals surface area contributed by atoms with Gasteiger partial charge in [-0.3, -0.25) is 9.59 Å². The van der Waals surface area contributed by atoms with Crippen molar-refractivity contribution in [3.05, 3.63) is 45.7 Å². The number of anilines is 1. The fourth-order valence-electron chi connectivity index (χ4n) is 1.44. The summed E-state index contributed by atoms with van der Waals surface area (Å²) in [6.45, 7) is 0.274. The molecule has 2 aromatic heterocycles. The lowest BCUT2D eigenvalue weighted by molar-refractivity contribution is -0.116. The number of hydrogen-bond acceptors (Lipinski definition) is 4. The summed E-state index contributed by atoms with van der Waals surface area (Å²) in [6.07, 6.45) is 1.64. The van der Waals surface area contributed by atoms with Crippen LogP contribution in [0.1, 0.15) is 16.1 Å². The lowest BCUT2D eigenvalue weighted by Gasteiger charge is -2.05. The highest BCUT2D eigenvalue weighted by molar-refractivity contribution is 7.12. The van der Waals surface area contributed by atoms with E-state index in [-0.39, 0.29) is 24.8 Å². The molecular formula is C13H12ClN3O2S. The van der Waals surface area contributed by atoms with Crippen molar-refractivity contribution in [1.82, 2.24) is 10.3 Å². The summed E-state index contributed by atoms with van der Waals surface area (Å²) in [5.41, 5.74) is 0. The first kappa shape index (κ1) is 14.5. The van der Waals surface area contributed by atoms with Crippen molar-refractivity contribution in [2.75, 3.05) is 11.9 Å². The van der Waals surface area contributed by atoms with E-state index in [2.05, 4.69) is 15.6 Å². The van der Waals surface area contributed by atoms with E-state index in [4.69, 9.17) is 11.6 Å². The summed E-state index contributed by atoms with van der Waals surface area (Å²) in [7, 11) is 0. The van der Waals surface area contributed by atoms with Crippen molar-refractivity contribution in [3.8, 4) is 0 Å². The van der Waals surface area contributed by atoms with E-state index in [1.807, 2.05) is 5.38 Å². The Morgan fingerprint density at radius 1 is 1.30 bits per heavy atom. The van der Waals surface area contributed by atoms with Crippen LogP contribution in [0.3, 0.4) is 0 Å². The Bertz CT molecular complexity index is 584. The zero-order valence-corrected chi connectivity index (χ0v) is 12.0. The van der Waals surface area contributed by atoms with E-state index >= 15 is 0 Å². The van der Waals surface area contributed by atoms with Gasteiger partial charge in [-0.15, -0.1) is 11.3 Å². The van der Waals surface area contributed by atoms with Crippen molar-refractivity contribution in [2.24, 2.45) is 0 Å². The van der Waals surface area contributed by atoms with Crippen LogP contribution in [0.4, 0.5) is 5.82 Å². The molecular weight excluding hydrogens is 298 g/mol. The lowest BCUT2D eigenvalue weighted by atomic mass is 10.3. The maximum atomic E-state index is 11.6. The Morgan fingerprint density at radius 2 is 2.15 bits per heavy atom. The van der Waals surface area contributed by atoms with Gasteiger partial charge in [0.2, 0.25) is 5.91 Å². The molecule has 0 saturated heterocycles. The second-order valence-corrected chi connectivity index (χ2v) is 5.28. The van der Waals surface area contributed by atoms with Gasteiger partial charge in [0.1, 0.15) is 5.82 Å². The summed E-state index contributed by atoms with van der Waals surface area (Å²) >= 11 is 7.05. The highest BCUT2D eigenvalue weighted by atomic mass is 35.5. The Labute approximate surface area is 125 Å². The largest absolute Gasteiger partial charge is 0.351 e. The van der Waals surface area contributed by atoms with Crippen molar-refractivity contribution >= 4 is 40.6 Å². The highest BCUT2D eigenvalue weighted by Crippen LogP contribution is 2.10. The molecule has 2 amide bonds. The quantitative estimate of drug-likeness (QED) is 0.891. The topological polar surface area (TPSA) is 71.1 Å². The number of hydrogen-bond donors (Lipinski definition) is 2. The molecule has 5 nitrogen and oxygen atoms in total. The average Bonchev–Trinajstić information content (AvgIpc) is 2.95. The second-order valence-electron chi connectivity index (χ2n) is 3.89. The van der Waals surface area contributed by atoms with Gasteiger partial charge in [-0.2, -0.15) is 0 Å². The average molecular weight is 310 g/mol. The molecule has 0 unspecified atom stereocenters. The first-order valence-electron chi connectivity index (χ1n) is 5.88. The molecule has 0 atom stereocenters. The van der Waals surface area contributed by atoms with Crippen LogP contribution in [0.25, 0.3) is 0 Å². The standard InChI is InChI=1S/C13H12ClN3O2S/c14-9-3-4-11(16-8-9)17-12(18)5-6-15-13(19)10-2-1-7-20-10/h1-4,7-8H,5-6H2,(H,15,19)(H,16,17,18). The van der Waals surface area contributed by atoms with Gasteiger partial charge >= 0.3 is 0 Å². The van der Waals surface area contributed by atoms with E-state index in [0.29, 0.717) is 15.7 Å². The molecule has 2 N–H and O–H groups in total. The summed E-state index contributed by atoms with van der Waals surface area (Å²) in [4.78, 5) is 27.8. The van der Waals surface area contributed by atoms with E-state index in [0.717, 1.165) is 0 Å². The zero-order chi connectivity index (χ0) is 14.4. The van der Waals surface area contributed by atoms with Crippen LogP contribution in [0.2, 0.25) is 5.02 Å². The normalized spacial score (nSPS) is 10.1. The molecule has 0 fully saturated rings. The molecule has 0 aliphatic carbocycles. The molecule has 104 valence electrons. The SMILES string of the molecule is O=C(CCNC(=O)c1cccs1)Nc1ccc(Cl)cn1. The zero-order valence-electron chi connectivity index (χ0n) is 10.4. The van der Waals surface area contributed by atoms with E-state index in [1.165, 1.54) is 17.5 Å². The molecule has 0 aliphatic rings. The minimum atomic E-state index is -0.216. The third-order valence-corrected chi connectivity index (χ3v) is 3.47. The van der Waals surface area contributed by atoms with Crippen LogP contribution in [-0.2, 0) is 4.79 Å². The molecule has 7 heteroatoms. The molecule has 0 spiro atoms. The third-order valence-electron chi connectivity index (χ3n) is 2.38. The predicted molar refractivity (Wildman–Crippen MR) is 79.1 cm³/mol. The van der Waals surface area contributed by atoms with Crippen LogP contribution in [0.5, 0.6) is 0 Å². The summed E-state index contributed by atoms with van der Waals surface area (Å²) in [6, 6.07) is 6.80. The van der Waals surface area contributed by atoms with Crippen molar-refractivity contribution in [1.29, 1.82) is 0 Å². The smallest absolute Gasteiger partial charge is 0.261 e. The van der Waals surface area contributed by atoms with Crippen LogP contribution in [0.15, 0.2) is 35.8 Å². The Kier molecular flexibility index (Phi) is 5.09. The van der Waals surface area contributed by atoms with Crippen molar-refractivity contribution in [3.63, 3.8) is 0 Å². The minimum Gasteiger partial charge on any atom is -0.351 e. The molecule has 20 heavy (non-hydrogen) atoms. The Balaban J connectivity index is 1.73. The fourth-order valence-corrected chi connectivity index (χ4v) is 2.19. The summed E-state index contributed by atoms with van der Waals surface area (Å²) in [5.74, 6) is 0.0488. The summed E-state index contributed by atoms with van der Waals surface area (Å²) in [5, 5.41) is 7.63. The van der Waals surface area contributed by atoms with Crippen LogP contribution in [0, 0.1) is 0 Å². The third kappa shape index (κ3) is 4.32. The van der Waals surface area contributed by atoms with E-state index < -0.39 is 0 Å². The van der Waals surface area contributed by atoms with Gasteiger partial charge in [0.25, 0.3) is 5.91 Å². The number of nitrogens with one attached hydrogen (secondary N) is 2. The van der Waals surface area contributed by atoms with Gasteiger partial charge in [-0.1, -0.05) is 17.7 Å². The van der Waals surface area contributed by atoms with E-state index in [1.54, 1.807) is 24.3 Å². The molecule has 0 saturated carbocycles. The molecule has 0 radical (unpaired) electrons. The Hall–Kier alpha value is -1.92. The molecule has 0 bridgehead atoms. The first-order chi connectivity index (χ1) is 9.65. The molecule has 0 aliphatic heterocycles. The molecule has 2 rings (SSSR count). The minimum absolute atomic E-state index is 0.169. The van der Waals surface area contributed by atoms with E-state index in [9.17, 15) is 9.59 Å².